The van der Waals surface area contributed by atoms with E-state index in [9.17, 15) is 8.42 Å². The van der Waals surface area contributed by atoms with Gasteiger partial charge in [-0.2, -0.15) is 8.82 Å². The number of aromatic nitrogens is 6. The summed E-state index contributed by atoms with van der Waals surface area (Å²) >= 11 is 0. The molecule has 30 heavy (non-hydrogen) atoms. The van der Waals surface area contributed by atoms with Crippen LogP contribution in [0.2, 0.25) is 0 Å². The monoisotopic (exact) mass is 432 g/mol. The SMILES string of the molecule is CC(C)n1cnc(S(=O)(=O)N(C)C2CN(c3ccc4nnc(C(C)(C)C)n4n3)C2)c1. The van der Waals surface area contributed by atoms with Crippen LogP contribution in [0.1, 0.15) is 46.5 Å². The molecule has 4 rings (SSSR count). The van der Waals surface area contributed by atoms with E-state index in [4.69, 9.17) is 5.10 Å². The van der Waals surface area contributed by atoms with Gasteiger partial charge in [0.15, 0.2) is 16.5 Å². The summed E-state index contributed by atoms with van der Waals surface area (Å²) < 4.78 is 30.8. The molecule has 11 heteroatoms. The molecule has 162 valence electrons. The summed E-state index contributed by atoms with van der Waals surface area (Å²) in [4.78, 5) is 6.15. The molecule has 0 amide bonds. The Balaban J connectivity index is 1.50. The van der Waals surface area contributed by atoms with Crippen molar-refractivity contribution in [2.75, 3.05) is 25.0 Å². The third-order valence-electron chi connectivity index (χ3n) is 5.44. The van der Waals surface area contributed by atoms with E-state index in [0.29, 0.717) is 18.7 Å². The molecule has 4 heterocycles. The van der Waals surface area contributed by atoms with Gasteiger partial charge in [0.05, 0.1) is 12.4 Å². The number of fused-ring (bicyclic) bond motifs is 1. The van der Waals surface area contributed by atoms with Crippen LogP contribution in [0.3, 0.4) is 0 Å². The maximum atomic E-state index is 12.9. The number of rotatable bonds is 5. The molecule has 0 spiro atoms. The van der Waals surface area contributed by atoms with E-state index in [1.54, 1.807) is 28.7 Å². The molecule has 0 unspecified atom stereocenters. The molecule has 0 saturated carbocycles. The van der Waals surface area contributed by atoms with Crippen LogP contribution in [-0.4, -0.2) is 68.3 Å². The van der Waals surface area contributed by atoms with Crippen molar-refractivity contribution in [2.45, 2.75) is 57.1 Å². The lowest BCUT2D eigenvalue weighted by Gasteiger charge is -2.43. The lowest BCUT2D eigenvalue weighted by Crippen LogP contribution is -2.60. The Morgan fingerprint density at radius 1 is 1.17 bits per heavy atom. The predicted molar refractivity (Wildman–Crippen MR) is 113 cm³/mol. The minimum absolute atomic E-state index is 0.0796. The summed E-state index contributed by atoms with van der Waals surface area (Å²) in [6, 6.07) is 3.80. The molecule has 0 radical (unpaired) electrons. The fourth-order valence-corrected chi connectivity index (χ4v) is 4.62. The van der Waals surface area contributed by atoms with Crippen molar-refractivity contribution in [3.05, 3.63) is 30.5 Å². The predicted octanol–water partition coefficient (Wildman–Crippen LogP) is 1.71. The van der Waals surface area contributed by atoms with Crippen LogP contribution in [-0.2, 0) is 15.4 Å². The highest BCUT2D eigenvalue weighted by Gasteiger charge is 2.38. The molecule has 1 fully saturated rings. The zero-order valence-electron chi connectivity index (χ0n) is 18.2. The van der Waals surface area contributed by atoms with E-state index in [1.165, 1.54) is 4.31 Å². The highest BCUT2D eigenvalue weighted by Crippen LogP contribution is 2.27. The molecule has 1 aliphatic heterocycles. The summed E-state index contributed by atoms with van der Waals surface area (Å²) in [7, 11) is -2.03. The van der Waals surface area contributed by atoms with Crippen LogP contribution in [0.5, 0.6) is 0 Å². The first-order chi connectivity index (χ1) is 14.0. The summed E-state index contributed by atoms with van der Waals surface area (Å²) in [6.45, 7) is 11.3. The smallest absolute Gasteiger partial charge is 0.262 e. The summed E-state index contributed by atoms with van der Waals surface area (Å²) in [5.41, 5.74) is 0.511. The maximum absolute atomic E-state index is 12.9. The van der Waals surface area contributed by atoms with E-state index in [0.717, 1.165) is 11.6 Å². The average Bonchev–Trinajstić information content (AvgIpc) is 3.27. The van der Waals surface area contributed by atoms with Gasteiger partial charge in [-0.25, -0.2) is 13.4 Å². The summed E-state index contributed by atoms with van der Waals surface area (Å²) in [5, 5.41) is 13.2. The minimum Gasteiger partial charge on any atom is -0.352 e. The van der Waals surface area contributed by atoms with Crippen LogP contribution in [0.15, 0.2) is 29.7 Å². The zero-order valence-corrected chi connectivity index (χ0v) is 19.0. The molecule has 1 saturated heterocycles. The number of sulfonamides is 1. The number of anilines is 1. The number of likely N-dealkylation sites (N-methyl/N-ethyl adjacent to an activating group) is 1. The third kappa shape index (κ3) is 3.45. The lowest BCUT2D eigenvalue weighted by atomic mass is 9.96. The zero-order chi connectivity index (χ0) is 21.8. The van der Waals surface area contributed by atoms with Crippen LogP contribution < -0.4 is 4.90 Å². The second-order valence-electron chi connectivity index (χ2n) is 9.07. The van der Waals surface area contributed by atoms with Crippen molar-refractivity contribution in [3.8, 4) is 0 Å². The lowest BCUT2D eigenvalue weighted by molar-refractivity contribution is 0.308. The second kappa shape index (κ2) is 7.02. The highest BCUT2D eigenvalue weighted by molar-refractivity contribution is 7.89. The second-order valence-corrected chi connectivity index (χ2v) is 11.0. The Hall–Kier alpha value is -2.53. The van der Waals surface area contributed by atoms with Gasteiger partial charge < -0.3 is 9.47 Å². The summed E-state index contributed by atoms with van der Waals surface area (Å²) in [6.07, 6.45) is 3.14. The molecule has 10 nitrogen and oxygen atoms in total. The molecule has 3 aromatic heterocycles. The first-order valence-electron chi connectivity index (χ1n) is 9.98. The van der Waals surface area contributed by atoms with Crippen LogP contribution in [0, 0.1) is 0 Å². The van der Waals surface area contributed by atoms with Crippen molar-refractivity contribution in [1.82, 2.24) is 33.7 Å². The topological polar surface area (TPSA) is 102 Å². The molecule has 0 aromatic carbocycles. The Morgan fingerprint density at radius 3 is 2.47 bits per heavy atom. The molecular formula is C19H28N8O2S. The van der Waals surface area contributed by atoms with Crippen LogP contribution in [0.25, 0.3) is 5.65 Å². The van der Waals surface area contributed by atoms with Crippen molar-refractivity contribution in [1.29, 1.82) is 0 Å². The van der Waals surface area contributed by atoms with Gasteiger partial charge in [-0.3, -0.25) is 0 Å². The van der Waals surface area contributed by atoms with E-state index in [2.05, 4.69) is 40.9 Å². The van der Waals surface area contributed by atoms with Gasteiger partial charge in [0.25, 0.3) is 10.0 Å². The van der Waals surface area contributed by atoms with Crippen LogP contribution >= 0.6 is 0 Å². The Kier molecular flexibility index (Phi) is 4.85. The maximum Gasteiger partial charge on any atom is 0.262 e. The van der Waals surface area contributed by atoms with Crippen molar-refractivity contribution in [2.24, 2.45) is 0 Å². The highest BCUT2D eigenvalue weighted by atomic mass is 32.2. The van der Waals surface area contributed by atoms with Crippen molar-refractivity contribution in [3.63, 3.8) is 0 Å². The van der Waals surface area contributed by atoms with E-state index in [1.807, 2.05) is 26.0 Å². The van der Waals surface area contributed by atoms with Gasteiger partial charge in [0.1, 0.15) is 5.82 Å². The van der Waals surface area contributed by atoms with Crippen molar-refractivity contribution < 1.29 is 8.42 Å². The number of nitrogens with zero attached hydrogens (tertiary/aromatic N) is 8. The van der Waals surface area contributed by atoms with Gasteiger partial charge in [-0.05, 0) is 26.0 Å². The normalized spacial score (nSPS) is 16.1. The molecule has 0 aliphatic carbocycles. The van der Waals surface area contributed by atoms with E-state index < -0.39 is 10.0 Å². The average molecular weight is 433 g/mol. The first-order valence-corrected chi connectivity index (χ1v) is 11.4. The standard InChI is InChI=1S/C19H28N8O2S/c1-13(2)26-11-17(20-12-26)30(28,29)24(6)14-9-25(10-14)16-8-7-15-21-22-18(19(3,4)5)27(15)23-16/h7-8,11-14H,9-10H2,1-6H3. The van der Waals surface area contributed by atoms with Crippen molar-refractivity contribution >= 4 is 21.5 Å². The van der Waals surface area contributed by atoms with Gasteiger partial charge >= 0.3 is 0 Å². The Bertz CT molecular complexity index is 1170. The van der Waals surface area contributed by atoms with E-state index >= 15 is 0 Å². The molecule has 0 atom stereocenters. The fraction of sp³-hybridized carbons (Fsp3) is 0.579. The van der Waals surface area contributed by atoms with Gasteiger partial charge in [-0.1, -0.05) is 20.8 Å². The molecule has 3 aromatic rings. The van der Waals surface area contributed by atoms with Gasteiger partial charge in [-0.15, -0.1) is 15.3 Å². The molecule has 0 bridgehead atoms. The fourth-order valence-electron chi connectivity index (χ4n) is 3.37. The third-order valence-corrected chi connectivity index (χ3v) is 7.23. The number of hydrogen-bond acceptors (Lipinski definition) is 7. The molecule has 1 aliphatic rings. The van der Waals surface area contributed by atoms with Crippen LogP contribution in [0.4, 0.5) is 5.82 Å². The Labute approximate surface area is 176 Å². The molecule has 0 N–H and O–H groups in total. The summed E-state index contributed by atoms with van der Waals surface area (Å²) in [5.74, 6) is 1.57. The van der Waals surface area contributed by atoms with Gasteiger partial charge in [0, 0.05) is 37.8 Å². The number of hydrogen-bond donors (Lipinski definition) is 0. The quantitative estimate of drug-likeness (QED) is 0.605. The largest absolute Gasteiger partial charge is 0.352 e. The van der Waals surface area contributed by atoms with Gasteiger partial charge in [0.2, 0.25) is 0 Å². The first kappa shape index (κ1) is 20.7. The number of imidazole rings is 1. The minimum atomic E-state index is -3.64. The molecular weight excluding hydrogens is 404 g/mol. The van der Waals surface area contributed by atoms with E-state index in [-0.39, 0.29) is 22.5 Å². The Morgan fingerprint density at radius 2 is 1.87 bits per heavy atom.